The van der Waals surface area contributed by atoms with E-state index in [9.17, 15) is 9.18 Å². The van der Waals surface area contributed by atoms with E-state index >= 15 is 0 Å². The van der Waals surface area contributed by atoms with Crippen LogP contribution in [-0.4, -0.2) is 5.91 Å². The van der Waals surface area contributed by atoms with Gasteiger partial charge in [0.2, 0.25) is 5.91 Å². The minimum Gasteiger partial charge on any atom is -0.465 e. The molecule has 0 bridgehead atoms. The Kier molecular flexibility index (Phi) is 3.35. The monoisotopic (exact) mass is 231 g/mol. The number of halogens is 1. The molecule has 0 atom stereocenters. The van der Waals surface area contributed by atoms with Gasteiger partial charge in [-0.3, -0.25) is 4.79 Å². The number of nitrogens with one attached hydrogen (secondary N) is 1. The number of anilines is 1. The molecule has 0 fully saturated rings. The third-order valence-corrected chi connectivity index (χ3v) is 2.05. The van der Waals surface area contributed by atoms with Gasteiger partial charge in [-0.1, -0.05) is 0 Å². The zero-order chi connectivity index (χ0) is 12.1. The van der Waals surface area contributed by atoms with Crippen LogP contribution in [0, 0.1) is 5.82 Å². The minimum atomic E-state index is -0.339. The van der Waals surface area contributed by atoms with E-state index in [0.29, 0.717) is 11.4 Å². The summed E-state index contributed by atoms with van der Waals surface area (Å²) in [6, 6.07) is 9.03. The van der Waals surface area contributed by atoms with Crippen molar-refractivity contribution in [2.75, 3.05) is 5.32 Å². The SMILES string of the molecule is O=C(/C=C/c1ccco1)Nc1ccc(F)cc1. The number of benzene rings is 1. The fourth-order valence-electron chi connectivity index (χ4n) is 1.26. The average Bonchev–Trinajstić information content (AvgIpc) is 2.83. The number of rotatable bonds is 3. The van der Waals surface area contributed by atoms with E-state index in [0.717, 1.165) is 0 Å². The highest BCUT2D eigenvalue weighted by molar-refractivity contribution is 6.01. The number of hydrogen-bond acceptors (Lipinski definition) is 2. The third kappa shape index (κ3) is 3.31. The van der Waals surface area contributed by atoms with Crippen LogP contribution >= 0.6 is 0 Å². The Balaban J connectivity index is 1.95. The Hall–Kier alpha value is -2.36. The molecule has 0 saturated carbocycles. The maximum absolute atomic E-state index is 12.6. The van der Waals surface area contributed by atoms with Crippen LogP contribution in [0.1, 0.15) is 5.76 Å². The van der Waals surface area contributed by atoms with Gasteiger partial charge < -0.3 is 9.73 Å². The van der Waals surface area contributed by atoms with E-state index in [1.165, 1.54) is 36.6 Å². The second-order valence-corrected chi connectivity index (χ2v) is 3.34. The molecule has 1 aromatic heterocycles. The van der Waals surface area contributed by atoms with E-state index in [4.69, 9.17) is 4.42 Å². The number of amides is 1. The predicted molar refractivity (Wildman–Crippen MR) is 62.8 cm³/mol. The lowest BCUT2D eigenvalue weighted by Gasteiger charge is -2.00. The Morgan fingerprint density at radius 1 is 1.24 bits per heavy atom. The van der Waals surface area contributed by atoms with Gasteiger partial charge in [0.05, 0.1) is 6.26 Å². The van der Waals surface area contributed by atoms with Crippen molar-refractivity contribution in [2.24, 2.45) is 0 Å². The molecule has 4 heteroatoms. The molecule has 86 valence electrons. The van der Waals surface area contributed by atoms with Crippen molar-refractivity contribution < 1.29 is 13.6 Å². The molecule has 0 aliphatic carbocycles. The normalized spacial score (nSPS) is 10.6. The highest BCUT2D eigenvalue weighted by Gasteiger charge is 1.98. The van der Waals surface area contributed by atoms with E-state index in [2.05, 4.69) is 5.32 Å². The van der Waals surface area contributed by atoms with Crippen molar-refractivity contribution in [2.45, 2.75) is 0 Å². The summed E-state index contributed by atoms with van der Waals surface area (Å²) < 4.78 is 17.7. The molecule has 0 unspecified atom stereocenters. The lowest BCUT2D eigenvalue weighted by molar-refractivity contribution is -0.111. The highest BCUT2D eigenvalue weighted by Crippen LogP contribution is 2.08. The summed E-state index contributed by atoms with van der Waals surface area (Å²) in [4.78, 5) is 11.5. The lowest BCUT2D eigenvalue weighted by atomic mass is 10.3. The van der Waals surface area contributed by atoms with Crippen molar-refractivity contribution in [3.05, 3.63) is 60.3 Å². The van der Waals surface area contributed by atoms with Crippen LogP contribution < -0.4 is 5.32 Å². The van der Waals surface area contributed by atoms with Gasteiger partial charge in [-0.25, -0.2) is 4.39 Å². The second kappa shape index (κ2) is 5.12. The molecule has 1 aromatic carbocycles. The summed E-state index contributed by atoms with van der Waals surface area (Å²) in [5, 5.41) is 2.60. The Morgan fingerprint density at radius 2 is 2.00 bits per heavy atom. The Bertz CT molecular complexity index is 515. The summed E-state index contributed by atoms with van der Waals surface area (Å²) in [7, 11) is 0. The number of hydrogen-bond donors (Lipinski definition) is 1. The lowest BCUT2D eigenvalue weighted by Crippen LogP contribution is -2.07. The van der Waals surface area contributed by atoms with Crippen LogP contribution in [0.15, 0.2) is 53.2 Å². The number of carbonyl (C=O) groups excluding carboxylic acids is 1. The zero-order valence-corrected chi connectivity index (χ0v) is 8.89. The van der Waals surface area contributed by atoms with Crippen LogP contribution in [-0.2, 0) is 4.79 Å². The van der Waals surface area contributed by atoms with Crippen molar-refractivity contribution >= 4 is 17.7 Å². The first-order valence-corrected chi connectivity index (χ1v) is 5.02. The summed E-state index contributed by atoms with van der Waals surface area (Å²) >= 11 is 0. The molecule has 17 heavy (non-hydrogen) atoms. The van der Waals surface area contributed by atoms with Crippen LogP contribution in [0.4, 0.5) is 10.1 Å². The summed E-state index contributed by atoms with van der Waals surface area (Å²) in [6.07, 6.45) is 4.43. The smallest absolute Gasteiger partial charge is 0.248 e. The van der Waals surface area contributed by atoms with E-state index < -0.39 is 0 Å². The standard InChI is InChI=1S/C13H10FNO2/c14-10-3-5-11(6-4-10)15-13(16)8-7-12-2-1-9-17-12/h1-9H,(H,15,16)/b8-7+. The molecular formula is C13H10FNO2. The topological polar surface area (TPSA) is 42.2 Å². The molecule has 0 aliphatic heterocycles. The van der Waals surface area contributed by atoms with Gasteiger partial charge in [-0.2, -0.15) is 0 Å². The molecule has 1 amide bonds. The Labute approximate surface area is 97.6 Å². The summed E-state index contributed by atoms with van der Waals surface area (Å²) in [5.41, 5.74) is 0.542. The van der Waals surface area contributed by atoms with Gasteiger partial charge in [0.15, 0.2) is 0 Å². The largest absolute Gasteiger partial charge is 0.465 e. The molecule has 0 spiro atoms. The molecule has 1 heterocycles. The van der Waals surface area contributed by atoms with Gasteiger partial charge >= 0.3 is 0 Å². The van der Waals surface area contributed by atoms with Gasteiger partial charge in [-0.15, -0.1) is 0 Å². The van der Waals surface area contributed by atoms with Crippen molar-refractivity contribution in [3.8, 4) is 0 Å². The summed E-state index contributed by atoms with van der Waals surface area (Å²) in [5.74, 6) is -0.0404. The molecule has 1 N–H and O–H groups in total. The third-order valence-electron chi connectivity index (χ3n) is 2.05. The first kappa shape index (κ1) is 11.1. The fraction of sp³-hybridized carbons (Fsp3) is 0. The maximum Gasteiger partial charge on any atom is 0.248 e. The quantitative estimate of drug-likeness (QED) is 0.825. The van der Waals surface area contributed by atoms with Crippen molar-refractivity contribution in [1.29, 1.82) is 0 Å². The van der Waals surface area contributed by atoms with E-state index in [1.54, 1.807) is 18.2 Å². The van der Waals surface area contributed by atoms with Gasteiger partial charge in [0.25, 0.3) is 0 Å². The van der Waals surface area contributed by atoms with Crippen LogP contribution in [0.25, 0.3) is 6.08 Å². The predicted octanol–water partition coefficient (Wildman–Crippen LogP) is 3.07. The molecule has 2 aromatic rings. The average molecular weight is 231 g/mol. The van der Waals surface area contributed by atoms with Crippen LogP contribution in [0.5, 0.6) is 0 Å². The molecule has 0 aliphatic rings. The first-order valence-electron chi connectivity index (χ1n) is 5.02. The molecule has 0 radical (unpaired) electrons. The fourth-order valence-corrected chi connectivity index (χ4v) is 1.26. The van der Waals surface area contributed by atoms with E-state index in [1.807, 2.05) is 0 Å². The Morgan fingerprint density at radius 3 is 2.65 bits per heavy atom. The zero-order valence-electron chi connectivity index (χ0n) is 8.89. The number of furan rings is 1. The first-order chi connectivity index (χ1) is 8.24. The van der Waals surface area contributed by atoms with Crippen molar-refractivity contribution in [3.63, 3.8) is 0 Å². The molecular weight excluding hydrogens is 221 g/mol. The maximum atomic E-state index is 12.6. The van der Waals surface area contributed by atoms with Crippen molar-refractivity contribution in [1.82, 2.24) is 0 Å². The van der Waals surface area contributed by atoms with Crippen LogP contribution in [0.3, 0.4) is 0 Å². The van der Waals surface area contributed by atoms with Gasteiger partial charge in [0, 0.05) is 11.8 Å². The second-order valence-electron chi connectivity index (χ2n) is 3.34. The van der Waals surface area contributed by atoms with Crippen LogP contribution in [0.2, 0.25) is 0 Å². The number of carbonyl (C=O) groups is 1. The summed E-state index contributed by atoms with van der Waals surface area (Å²) in [6.45, 7) is 0. The van der Waals surface area contributed by atoms with Gasteiger partial charge in [-0.05, 0) is 42.5 Å². The van der Waals surface area contributed by atoms with Gasteiger partial charge in [0.1, 0.15) is 11.6 Å². The molecule has 2 rings (SSSR count). The molecule has 0 saturated heterocycles. The van der Waals surface area contributed by atoms with E-state index in [-0.39, 0.29) is 11.7 Å². The highest BCUT2D eigenvalue weighted by atomic mass is 19.1. The minimum absolute atomic E-state index is 0.298. The molecule has 3 nitrogen and oxygen atoms in total.